The molecule has 6 heteroatoms. The highest BCUT2D eigenvalue weighted by molar-refractivity contribution is 5.30. The highest BCUT2D eigenvalue weighted by Gasteiger charge is 2.30. The summed E-state index contributed by atoms with van der Waals surface area (Å²) in [5, 5.41) is 9.83. The van der Waals surface area contributed by atoms with Crippen molar-refractivity contribution in [2.45, 2.75) is 12.3 Å². The lowest BCUT2D eigenvalue weighted by atomic mass is 10.1. The molecule has 1 atom stereocenters. The Bertz CT molecular complexity index is 593. The summed E-state index contributed by atoms with van der Waals surface area (Å²) < 4.78 is 55.5. The van der Waals surface area contributed by atoms with E-state index in [0.29, 0.717) is 5.56 Å². The van der Waals surface area contributed by atoms with E-state index in [1.165, 1.54) is 36.4 Å². The van der Waals surface area contributed by atoms with Crippen molar-refractivity contribution in [2.75, 3.05) is 6.61 Å². The molecule has 2 nitrogen and oxygen atoms in total. The van der Waals surface area contributed by atoms with Gasteiger partial charge in [0.1, 0.15) is 24.3 Å². The van der Waals surface area contributed by atoms with Gasteiger partial charge >= 0.3 is 6.18 Å². The Morgan fingerprint density at radius 2 is 1.71 bits per heavy atom. The van der Waals surface area contributed by atoms with E-state index in [1.807, 2.05) is 0 Å². The molecule has 0 amide bonds. The van der Waals surface area contributed by atoms with E-state index in [-0.39, 0.29) is 12.4 Å². The van der Waals surface area contributed by atoms with Crippen molar-refractivity contribution in [3.63, 3.8) is 0 Å². The number of alkyl halides is 3. The smallest absolute Gasteiger partial charge is 0.416 e. The van der Waals surface area contributed by atoms with Crippen LogP contribution in [0.5, 0.6) is 5.75 Å². The van der Waals surface area contributed by atoms with Gasteiger partial charge in [-0.05, 0) is 35.9 Å². The van der Waals surface area contributed by atoms with E-state index in [0.717, 1.165) is 12.1 Å². The fourth-order valence-electron chi connectivity index (χ4n) is 1.72. The second-order valence-corrected chi connectivity index (χ2v) is 4.40. The van der Waals surface area contributed by atoms with Crippen LogP contribution in [0.25, 0.3) is 0 Å². The summed E-state index contributed by atoms with van der Waals surface area (Å²) in [6.45, 7) is -0.229. The van der Waals surface area contributed by atoms with Gasteiger partial charge in [0, 0.05) is 0 Å². The molecule has 2 aromatic carbocycles. The molecule has 0 aliphatic heterocycles. The van der Waals surface area contributed by atoms with Crippen molar-refractivity contribution < 1.29 is 27.4 Å². The maximum atomic E-state index is 12.7. The van der Waals surface area contributed by atoms with Gasteiger partial charge in [-0.15, -0.1) is 0 Å². The lowest BCUT2D eigenvalue weighted by Gasteiger charge is -2.14. The number of hydrogen-bond acceptors (Lipinski definition) is 2. The number of aliphatic hydroxyl groups excluding tert-OH is 1. The monoisotopic (exact) mass is 300 g/mol. The SMILES string of the molecule is OC(COc1cccc(C(F)(F)F)c1)c1ccc(F)cc1. The van der Waals surface area contributed by atoms with Gasteiger partial charge in [0.25, 0.3) is 0 Å². The molecule has 0 radical (unpaired) electrons. The Labute approximate surface area is 118 Å². The van der Waals surface area contributed by atoms with Gasteiger partial charge in [-0.25, -0.2) is 4.39 Å². The first-order valence-electron chi connectivity index (χ1n) is 6.10. The van der Waals surface area contributed by atoms with Crippen molar-refractivity contribution in [3.8, 4) is 5.75 Å². The Hall–Kier alpha value is -2.08. The van der Waals surface area contributed by atoms with Gasteiger partial charge in [-0.1, -0.05) is 18.2 Å². The summed E-state index contributed by atoms with van der Waals surface area (Å²) in [5.74, 6) is -0.435. The molecule has 0 fully saturated rings. The first-order chi connectivity index (χ1) is 9.86. The van der Waals surface area contributed by atoms with Gasteiger partial charge in [-0.3, -0.25) is 0 Å². The van der Waals surface area contributed by atoms with Crippen LogP contribution in [0.2, 0.25) is 0 Å². The fraction of sp³-hybridized carbons (Fsp3) is 0.200. The van der Waals surface area contributed by atoms with Gasteiger partial charge in [-0.2, -0.15) is 13.2 Å². The van der Waals surface area contributed by atoms with Crippen molar-refractivity contribution in [1.82, 2.24) is 0 Å². The molecule has 1 unspecified atom stereocenters. The molecule has 0 heterocycles. The van der Waals surface area contributed by atoms with E-state index in [1.54, 1.807) is 0 Å². The van der Waals surface area contributed by atoms with Gasteiger partial charge in [0.2, 0.25) is 0 Å². The molecule has 1 N–H and O–H groups in total. The minimum Gasteiger partial charge on any atom is -0.491 e. The molecule has 0 saturated heterocycles. The third-order valence-electron chi connectivity index (χ3n) is 2.82. The summed E-state index contributed by atoms with van der Waals surface area (Å²) in [6, 6.07) is 9.52. The van der Waals surface area contributed by atoms with E-state index < -0.39 is 23.7 Å². The molecular formula is C15H12F4O2. The molecule has 2 aromatic rings. The largest absolute Gasteiger partial charge is 0.491 e. The van der Waals surface area contributed by atoms with Crippen LogP contribution in [0.15, 0.2) is 48.5 Å². The first kappa shape index (κ1) is 15.3. The molecule has 0 aliphatic carbocycles. The molecular weight excluding hydrogens is 288 g/mol. The van der Waals surface area contributed by atoms with Crippen LogP contribution in [0.4, 0.5) is 17.6 Å². The van der Waals surface area contributed by atoms with E-state index in [4.69, 9.17) is 4.74 Å². The number of hydrogen-bond donors (Lipinski definition) is 1. The van der Waals surface area contributed by atoms with Crippen LogP contribution in [0.3, 0.4) is 0 Å². The zero-order valence-electron chi connectivity index (χ0n) is 10.8. The van der Waals surface area contributed by atoms with E-state index in [2.05, 4.69) is 0 Å². The standard InChI is InChI=1S/C15H12F4O2/c16-12-6-4-10(5-7-12)14(20)9-21-13-3-1-2-11(8-13)15(17,18)19/h1-8,14,20H,9H2. The maximum Gasteiger partial charge on any atom is 0.416 e. The van der Waals surface area contributed by atoms with Crippen molar-refractivity contribution in [3.05, 3.63) is 65.5 Å². The summed E-state index contributed by atoms with van der Waals surface area (Å²) in [6.07, 6.45) is -5.50. The number of benzene rings is 2. The van der Waals surface area contributed by atoms with E-state index in [9.17, 15) is 22.7 Å². The van der Waals surface area contributed by atoms with Crippen molar-refractivity contribution in [2.24, 2.45) is 0 Å². The Morgan fingerprint density at radius 1 is 1.05 bits per heavy atom. The quantitative estimate of drug-likeness (QED) is 0.866. The van der Waals surface area contributed by atoms with Crippen molar-refractivity contribution in [1.29, 1.82) is 0 Å². The number of aliphatic hydroxyl groups is 1. The molecule has 2 rings (SSSR count). The Morgan fingerprint density at radius 3 is 2.33 bits per heavy atom. The Kier molecular flexibility index (Phi) is 4.47. The number of ether oxygens (including phenoxy) is 1. The molecule has 112 valence electrons. The topological polar surface area (TPSA) is 29.5 Å². The minimum absolute atomic E-state index is 0.00554. The second-order valence-electron chi connectivity index (χ2n) is 4.40. The molecule has 0 aliphatic rings. The normalized spacial score (nSPS) is 13.0. The van der Waals surface area contributed by atoms with Crippen LogP contribution in [-0.2, 0) is 6.18 Å². The Balaban J connectivity index is 2.01. The van der Waals surface area contributed by atoms with E-state index >= 15 is 0 Å². The predicted molar refractivity (Wildman–Crippen MR) is 68.3 cm³/mol. The molecule has 0 aromatic heterocycles. The lowest BCUT2D eigenvalue weighted by molar-refractivity contribution is -0.137. The number of halogens is 4. The highest BCUT2D eigenvalue weighted by atomic mass is 19.4. The van der Waals surface area contributed by atoms with Gasteiger partial charge in [0.15, 0.2) is 0 Å². The predicted octanol–water partition coefficient (Wildman–Crippen LogP) is 3.96. The van der Waals surface area contributed by atoms with Gasteiger partial charge < -0.3 is 9.84 Å². The average Bonchev–Trinajstić information content (AvgIpc) is 2.45. The van der Waals surface area contributed by atoms with Crippen LogP contribution < -0.4 is 4.74 Å². The van der Waals surface area contributed by atoms with Crippen LogP contribution in [0, 0.1) is 5.82 Å². The summed E-state index contributed by atoms with van der Waals surface area (Å²) >= 11 is 0. The minimum atomic E-state index is -4.45. The summed E-state index contributed by atoms with van der Waals surface area (Å²) in [4.78, 5) is 0. The van der Waals surface area contributed by atoms with Crippen LogP contribution >= 0.6 is 0 Å². The summed E-state index contributed by atoms with van der Waals surface area (Å²) in [7, 11) is 0. The van der Waals surface area contributed by atoms with Crippen LogP contribution in [-0.4, -0.2) is 11.7 Å². The number of rotatable bonds is 4. The maximum absolute atomic E-state index is 12.7. The molecule has 0 saturated carbocycles. The third-order valence-corrected chi connectivity index (χ3v) is 2.82. The zero-order valence-corrected chi connectivity index (χ0v) is 10.8. The second kappa shape index (κ2) is 6.13. The van der Waals surface area contributed by atoms with Gasteiger partial charge in [0.05, 0.1) is 5.56 Å². The highest BCUT2D eigenvalue weighted by Crippen LogP contribution is 2.31. The summed E-state index contributed by atoms with van der Waals surface area (Å²) in [5.41, 5.74) is -0.403. The fourth-order valence-corrected chi connectivity index (χ4v) is 1.72. The lowest BCUT2D eigenvalue weighted by Crippen LogP contribution is -2.10. The molecule has 0 bridgehead atoms. The average molecular weight is 300 g/mol. The van der Waals surface area contributed by atoms with Crippen molar-refractivity contribution >= 4 is 0 Å². The van der Waals surface area contributed by atoms with Crippen LogP contribution in [0.1, 0.15) is 17.2 Å². The zero-order chi connectivity index (χ0) is 15.5. The molecule has 21 heavy (non-hydrogen) atoms. The molecule has 0 spiro atoms. The third kappa shape index (κ3) is 4.19. The first-order valence-corrected chi connectivity index (χ1v) is 6.10.